The van der Waals surface area contributed by atoms with Crippen molar-refractivity contribution in [3.05, 3.63) is 71.3 Å². The molecule has 0 fully saturated rings. The minimum atomic E-state index is -0.849. The molecular formula is C17H12ClF2N3OS2. The Bertz CT molecular complexity index is 908. The van der Waals surface area contributed by atoms with Crippen molar-refractivity contribution in [3.8, 4) is 0 Å². The Hall–Kier alpha value is -2.03. The largest absolute Gasteiger partial charge is 0.299 e. The van der Waals surface area contributed by atoms with Crippen molar-refractivity contribution in [2.75, 3.05) is 5.32 Å². The van der Waals surface area contributed by atoms with Crippen LogP contribution in [0.5, 0.6) is 0 Å². The molecule has 0 saturated carbocycles. The van der Waals surface area contributed by atoms with Crippen molar-refractivity contribution in [2.24, 2.45) is 0 Å². The van der Waals surface area contributed by atoms with E-state index in [1.54, 1.807) is 24.3 Å². The number of amides is 1. The molecular weight excluding hydrogens is 400 g/mol. The monoisotopic (exact) mass is 411 g/mol. The molecule has 0 aliphatic rings. The predicted molar refractivity (Wildman–Crippen MR) is 99.5 cm³/mol. The number of hydrogen-bond acceptors (Lipinski definition) is 5. The van der Waals surface area contributed by atoms with Crippen molar-refractivity contribution >= 4 is 45.7 Å². The van der Waals surface area contributed by atoms with E-state index in [9.17, 15) is 13.6 Å². The molecule has 0 aliphatic carbocycles. The number of halogens is 3. The van der Waals surface area contributed by atoms with Crippen molar-refractivity contribution in [1.29, 1.82) is 0 Å². The Morgan fingerprint density at radius 2 is 1.96 bits per heavy atom. The topological polar surface area (TPSA) is 54.9 Å². The van der Waals surface area contributed by atoms with Crippen LogP contribution in [0.3, 0.4) is 0 Å². The smallest absolute Gasteiger partial charge is 0.248 e. The Morgan fingerprint density at radius 1 is 1.19 bits per heavy atom. The van der Waals surface area contributed by atoms with Gasteiger partial charge in [-0.2, -0.15) is 0 Å². The standard InChI is InChI=1S/C17H12ClF2N3OS2/c18-14(10-4-2-1-3-5-10)15(24)21-16-22-23-17(26-16)25-9-11-8-12(19)6-7-13(11)20/h1-8,14H,9H2,(H,21,22,24). The van der Waals surface area contributed by atoms with Crippen LogP contribution in [0.1, 0.15) is 16.5 Å². The molecule has 1 unspecified atom stereocenters. The van der Waals surface area contributed by atoms with E-state index in [2.05, 4.69) is 15.5 Å². The first-order chi connectivity index (χ1) is 12.5. The van der Waals surface area contributed by atoms with E-state index >= 15 is 0 Å². The number of hydrogen-bond donors (Lipinski definition) is 1. The highest BCUT2D eigenvalue weighted by molar-refractivity contribution is 8.00. The zero-order chi connectivity index (χ0) is 18.5. The molecule has 1 atom stereocenters. The number of alkyl halides is 1. The first-order valence-electron chi connectivity index (χ1n) is 7.43. The molecule has 3 rings (SSSR count). The van der Waals surface area contributed by atoms with Gasteiger partial charge < -0.3 is 0 Å². The second-order valence-electron chi connectivity index (χ2n) is 5.16. The lowest BCUT2D eigenvalue weighted by atomic mass is 10.1. The van der Waals surface area contributed by atoms with Crippen molar-refractivity contribution in [2.45, 2.75) is 15.5 Å². The lowest BCUT2D eigenvalue weighted by molar-refractivity contribution is -0.116. The third-order valence-corrected chi connectivity index (χ3v) is 5.79. The van der Waals surface area contributed by atoms with Gasteiger partial charge in [0.2, 0.25) is 11.0 Å². The predicted octanol–water partition coefficient (Wildman–Crippen LogP) is 5.03. The summed E-state index contributed by atoms with van der Waals surface area (Å²) in [4.78, 5) is 12.2. The van der Waals surface area contributed by atoms with Crippen LogP contribution in [0, 0.1) is 11.6 Å². The van der Waals surface area contributed by atoms with Gasteiger partial charge >= 0.3 is 0 Å². The number of nitrogens with one attached hydrogen (secondary N) is 1. The minimum absolute atomic E-state index is 0.203. The highest BCUT2D eigenvalue weighted by Gasteiger charge is 2.19. The summed E-state index contributed by atoms with van der Waals surface area (Å²) in [5.74, 6) is -1.19. The third-order valence-electron chi connectivity index (χ3n) is 3.32. The zero-order valence-electron chi connectivity index (χ0n) is 13.2. The average molecular weight is 412 g/mol. The lowest BCUT2D eigenvalue weighted by Crippen LogP contribution is -2.17. The molecule has 0 spiro atoms. The summed E-state index contributed by atoms with van der Waals surface area (Å²) in [5, 5.41) is 9.85. The van der Waals surface area contributed by atoms with Crippen molar-refractivity contribution in [3.63, 3.8) is 0 Å². The number of benzene rings is 2. The molecule has 1 N–H and O–H groups in total. The maximum atomic E-state index is 13.6. The van der Waals surface area contributed by atoms with Crippen LogP contribution >= 0.6 is 34.7 Å². The Labute approximate surface area is 161 Å². The van der Waals surface area contributed by atoms with Gasteiger partial charge in [0.25, 0.3) is 0 Å². The minimum Gasteiger partial charge on any atom is -0.299 e. The Kier molecular flexibility index (Phi) is 6.18. The van der Waals surface area contributed by atoms with Gasteiger partial charge in [-0.15, -0.1) is 21.8 Å². The van der Waals surface area contributed by atoms with E-state index in [1.807, 2.05) is 6.07 Å². The first-order valence-corrected chi connectivity index (χ1v) is 9.67. The molecule has 1 amide bonds. The van der Waals surface area contributed by atoms with Gasteiger partial charge in [-0.25, -0.2) is 8.78 Å². The lowest BCUT2D eigenvalue weighted by Gasteiger charge is -2.08. The Morgan fingerprint density at radius 3 is 2.73 bits per heavy atom. The Balaban J connectivity index is 1.59. The van der Waals surface area contributed by atoms with Crippen molar-refractivity contribution < 1.29 is 13.6 Å². The molecule has 1 heterocycles. The van der Waals surface area contributed by atoms with E-state index in [-0.39, 0.29) is 11.3 Å². The molecule has 9 heteroatoms. The van der Waals surface area contributed by atoms with Gasteiger partial charge in [0.05, 0.1) is 0 Å². The number of thioether (sulfide) groups is 1. The molecule has 0 bridgehead atoms. The third kappa shape index (κ3) is 4.78. The number of anilines is 1. The van der Waals surface area contributed by atoms with Crippen LogP contribution in [-0.4, -0.2) is 16.1 Å². The van der Waals surface area contributed by atoms with Crippen LogP contribution in [0.25, 0.3) is 0 Å². The fourth-order valence-electron chi connectivity index (χ4n) is 2.05. The molecule has 134 valence electrons. The SMILES string of the molecule is O=C(Nc1nnc(SCc2cc(F)ccc2F)s1)C(Cl)c1ccccc1. The number of aromatic nitrogens is 2. The molecule has 0 radical (unpaired) electrons. The zero-order valence-corrected chi connectivity index (χ0v) is 15.5. The van der Waals surface area contributed by atoms with Crippen LogP contribution in [0.4, 0.5) is 13.9 Å². The maximum absolute atomic E-state index is 13.6. The summed E-state index contributed by atoms with van der Waals surface area (Å²) in [6.45, 7) is 0. The normalized spacial score (nSPS) is 12.0. The maximum Gasteiger partial charge on any atom is 0.248 e. The summed E-state index contributed by atoms with van der Waals surface area (Å²) in [6.07, 6.45) is 0. The van der Waals surface area contributed by atoms with Crippen LogP contribution in [-0.2, 0) is 10.5 Å². The molecule has 0 saturated heterocycles. The second kappa shape index (κ2) is 8.57. The van der Waals surface area contributed by atoms with Gasteiger partial charge in [0, 0.05) is 11.3 Å². The van der Waals surface area contributed by atoms with Crippen LogP contribution in [0.2, 0.25) is 0 Å². The van der Waals surface area contributed by atoms with Crippen LogP contribution < -0.4 is 5.32 Å². The fraction of sp³-hybridized carbons (Fsp3) is 0.118. The quantitative estimate of drug-likeness (QED) is 0.351. The summed E-state index contributed by atoms with van der Waals surface area (Å²) < 4.78 is 27.3. The number of carbonyl (C=O) groups excluding carboxylic acids is 1. The fourth-order valence-corrected chi connectivity index (χ4v) is 3.98. The van der Waals surface area contributed by atoms with E-state index in [0.717, 1.165) is 29.5 Å². The number of carbonyl (C=O) groups is 1. The molecule has 2 aromatic carbocycles. The first kappa shape index (κ1) is 18.8. The summed E-state index contributed by atoms with van der Waals surface area (Å²) in [6, 6.07) is 12.2. The van der Waals surface area contributed by atoms with E-state index < -0.39 is 22.9 Å². The van der Waals surface area contributed by atoms with E-state index in [4.69, 9.17) is 11.6 Å². The van der Waals surface area contributed by atoms with Gasteiger partial charge in [-0.05, 0) is 23.8 Å². The number of rotatable bonds is 6. The summed E-state index contributed by atoms with van der Waals surface area (Å²) >= 11 is 8.49. The van der Waals surface area contributed by atoms with Gasteiger partial charge in [-0.1, -0.05) is 53.4 Å². The van der Waals surface area contributed by atoms with Gasteiger partial charge in [0.15, 0.2) is 4.34 Å². The highest BCUT2D eigenvalue weighted by Crippen LogP contribution is 2.30. The second-order valence-corrected chi connectivity index (χ2v) is 7.80. The summed E-state index contributed by atoms with van der Waals surface area (Å²) in [7, 11) is 0. The van der Waals surface area contributed by atoms with Crippen molar-refractivity contribution in [1.82, 2.24) is 10.2 Å². The molecule has 3 aromatic rings. The summed E-state index contributed by atoms with van der Waals surface area (Å²) in [5.41, 5.74) is 0.910. The van der Waals surface area contributed by atoms with Gasteiger partial charge in [-0.3, -0.25) is 10.1 Å². The average Bonchev–Trinajstić information content (AvgIpc) is 3.10. The van der Waals surface area contributed by atoms with Gasteiger partial charge in [0.1, 0.15) is 17.0 Å². The molecule has 4 nitrogen and oxygen atoms in total. The number of nitrogens with zero attached hydrogens (tertiary/aromatic N) is 2. The highest BCUT2D eigenvalue weighted by atomic mass is 35.5. The molecule has 26 heavy (non-hydrogen) atoms. The molecule has 0 aliphatic heterocycles. The van der Waals surface area contributed by atoms with E-state index in [1.165, 1.54) is 11.8 Å². The van der Waals surface area contributed by atoms with E-state index in [0.29, 0.717) is 15.0 Å². The van der Waals surface area contributed by atoms with Crippen LogP contribution in [0.15, 0.2) is 52.9 Å². The molecule has 1 aromatic heterocycles.